The molecule has 4 rings (SSSR count). The lowest BCUT2D eigenvalue weighted by atomic mass is 9.87. The highest BCUT2D eigenvalue weighted by Crippen LogP contribution is 2.41. The van der Waals surface area contributed by atoms with Crippen molar-refractivity contribution < 1.29 is 40.3 Å². The van der Waals surface area contributed by atoms with Gasteiger partial charge in [0.1, 0.15) is 11.3 Å². The van der Waals surface area contributed by atoms with Gasteiger partial charge in [0, 0.05) is 0 Å². The van der Waals surface area contributed by atoms with Crippen LogP contribution in [-0.4, -0.2) is 12.6 Å². The number of carbonyl (C=O) groups is 1. The van der Waals surface area contributed by atoms with E-state index in [1.807, 2.05) is 18.2 Å². The predicted molar refractivity (Wildman–Crippen MR) is 133 cm³/mol. The summed E-state index contributed by atoms with van der Waals surface area (Å²) in [6.45, 7) is 1.26. The maximum absolute atomic E-state index is 15.0. The molecule has 3 nitrogen and oxygen atoms in total. The molecule has 0 aromatic heterocycles. The number of carbonyl (C=O) groups excluding carboxylic acids is 1. The van der Waals surface area contributed by atoms with Gasteiger partial charge in [0.05, 0.1) is 6.61 Å². The van der Waals surface area contributed by atoms with E-state index in [0.29, 0.717) is 5.56 Å². The Morgan fingerprint density at radius 1 is 0.821 bits per heavy atom. The number of hydrogen-bond acceptors (Lipinski definition) is 3. The van der Waals surface area contributed by atoms with Gasteiger partial charge in [-0.1, -0.05) is 78.9 Å². The van der Waals surface area contributed by atoms with E-state index in [1.54, 1.807) is 30.3 Å². The van der Waals surface area contributed by atoms with Gasteiger partial charge in [-0.2, -0.15) is 13.2 Å². The van der Waals surface area contributed by atoms with Crippen LogP contribution in [0.4, 0.5) is 36.4 Å². The van der Waals surface area contributed by atoms with Crippen LogP contribution in [0.15, 0.2) is 78.9 Å². The molecule has 0 radical (unpaired) electrons. The second-order valence-electron chi connectivity index (χ2n) is 8.42. The summed E-state index contributed by atoms with van der Waals surface area (Å²) in [6, 6.07) is 19.8. The zero-order valence-electron chi connectivity index (χ0n) is 20.3. The quantitative estimate of drug-likeness (QED) is 0.145. The second kappa shape index (κ2) is 10.8. The van der Waals surface area contributed by atoms with Crippen molar-refractivity contribution in [2.24, 2.45) is 0 Å². The van der Waals surface area contributed by atoms with Crippen molar-refractivity contribution in [1.29, 1.82) is 0 Å². The molecule has 0 aliphatic carbocycles. The SMILES string of the molecule is CCOC(=O)C(/C=C/c1cccc2ccccc12)(Nc1c(F)c(F)c(C(F)(F)F)c(F)c1F)c1ccccc1. The smallest absolute Gasteiger partial charge is 0.422 e. The lowest BCUT2D eigenvalue weighted by Gasteiger charge is -2.32. The lowest BCUT2D eigenvalue weighted by molar-refractivity contribution is -0.147. The Kier molecular flexibility index (Phi) is 7.67. The summed E-state index contributed by atoms with van der Waals surface area (Å²) in [5.41, 5.74) is -6.08. The zero-order chi connectivity index (χ0) is 28.4. The topological polar surface area (TPSA) is 38.3 Å². The summed E-state index contributed by atoms with van der Waals surface area (Å²) >= 11 is 0. The molecule has 4 aromatic rings. The first-order chi connectivity index (χ1) is 18.5. The zero-order valence-corrected chi connectivity index (χ0v) is 20.3. The van der Waals surface area contributed by atoms with Gasteiger partial charge in [0.25, 0.3) is 0 Å². The molecule has 0 fully saturated rings. The van der Waals surface area contributed by atoms with E-state index < -0.39 is 52.2 Å². The molecular weight excluding hydrogens is 527 g/mol. The number of esters is 1. The fourth-order valence-corrected chi connectivity index (χ4v) is 4.19. The van der Waals surface area contributed by atoms with Crippen LogP contribution < -0.4 is 5.32 Å². The summed E-state index contributed by atoms with van der Waals surface area (Å²) in [5, 5.41) is 3.72. The molecule has 0 amide bonds. The number of hydrogen-bond donors (Lipinski definition) is 1. The third-order valence-electron chi connectivity index (χ3n) is 6.03. The average Bonchev–Trinajstić information content (AvgIpc) is 2.91. The molecule has 1 unspecified atom stereocenters. The molecule has 0 aliphatic rings. The van der Waals surface area contributed by atoms with Gasteiger partial charge in [-0.05, 0) is 34.9 Å². The van der Waals surface area contributed by atoms with Crippen LogP contribution in [0.25, 0.3) is 16.8 Å². The summed E-state index contributed by atoms with van der Waals surface area (Å²) < 4.78 is 104. The molecule has 1 N–H and O–H groups in total. The molecule has 202 valence electrons. The van der Waals surface area contributed by atoms with Crippen LogP contribution >= 0.6 is 0 Å². The van der Waals surface area contributed by atoms with Crippen LogP contribution in [-0.2, 0) is 21.2 Å². The Morgan fingerprint density at radius 3 is 2.03 bits per heavy atom. The van der Waals surface area contributed by atoms with E-state index in [0.717, 1.165) is 10.8 Å². The molecule has 1 atom stereocenters. The maximum atomic E-state index is 15.0. The Labute approximate surface area is 218 Å². The fraction of sp³-hybridized carbons (Fsp3) is 0.138. The summed E-state index contributed by atoms with van der Waals surface area (Å²) in [6.07, 6.45) is -3.11. The number of ether oxygens (including phenoxy) is 1. The van der Waals surface area contributed by atoms with Crippen molar-refractivity contribution in [1.82, 2.24) is 0 Å². The molecule has 4 aromatic carbocycles. The number of fused-ring (bicyclic) bond motifs is 1. The monoisotopic (exact) mass is 547 g/mol. The average molecular weight is 547 g/mol. The van der Waals surface area contributed by atoms with Gasteiger partial charge < -0.3 is 10.1 Å². The highest BCUT2D eigenvalue weighted by Gasteiger charge is 2.46. The van der Waals surface area contributed by atoms with E-state index in [2.05, 4.69) is 5.32 Å². The molecule has 39 heavy (non-hydrogen) atoms. The van der Waals surface area contributed by atoms with E-state index in [9.17, 15) is 35.5 Å². The van der Waals surface area contributed by atoms with Crippen molar-refractivity contribution in [3.05, 3.63) is 119 Å². The van der Waals surface area contributed by atoms with E-state index >= 15 is 0 Å². The summed E-state index contributed by atoms with van der Waals surface area (Å²) in [5.74, 6) is -11.2. The van der Waals surface area contributed by atoms with Gasteiger partial charge in [0.2, 0.25) is 0 Å². The van der Waals surface area contributed by atoms with Crippen molar-refractivity contribution in [3.63, 3.8) is 0 Å². The van der Waals surface area contributed by atoms with Crippen molar-refractivity contribution in [2.75, 3.05) is 11.9 Å². The molecule has 10 heteroatoms. The Balaban J connectivity index is 1.98. The van der Waals surface area contributed by atoms with Gasteiger partial charge in [0.15, 0.2) is 28.8 Å². The summed E-state index contributed by atoms with van der Waals surface area (Å²) in [7, 11) is 0. The number of nitrogens with one attached hydrogen (secondary N) is 1. The predicted octanol–water partition coefficient (Wildman–Crippen LogP) is 8.00. The van der Waals surface area contributed by atoms with Crippen LogP contribution in [0.5, 0.6) is 0 Å². The van der Waals surface area contributed by atoms with Crippen molar-refractivity contribution in [3.8, 4) is 0 Å². The summed E-state index contributed by atoms with van der Waals surface area (Å²) in [4.78, 5) is 13.4. The minimum absolute atomic E-state index is 0.0273. The molecule has 0 saturated carbocycles. The fourth-order valence-electron chi connectivity index (χ4n) is 4.19. The highest BCUT2D eigenvalue weighted by molar-refractivity contribution is 5.94. The number of rotatable bonds is 7. The Hall–Kier alpha value is -4.34. The molecule has 0 spiro atoms. The van der Waals surface area contributed by atoms with Crippen LogP contribution in [0.1, 0.15) is 23.6 Å². The Morgan fingerprint density at radius 2 is 1.41 bits per heavy atom. The first-order valence-electron chi connectivity index (χ1n) is 11.6. The Bertz CT molecular complexity index is 1520. The molecule has 0 saturated heterocycles. The van der Waals surface area contributed by atoms with E-state index in [-0.39, 0.29) is 12.2 Å². The minimum atomic E-state index is -5.72. The van der Waals surface area contributed by atoms with Crippen molar-refractivity contribution >= 4 is 28.5 Å². The van der Waals surface area contributed by atoms with Crippen molar-refractivity contribution in [2.45, 2.75) is 18.6 Å². The number of halogens is 7. The first kappa shape index (κ1) is 27.7. The third-order valence-corrected chi connectivity index (χ3v) is 6.03. The van der Waals surface area contributed by atoms with Crippen LogP contribution in [0, 0.1) is 23.3 Å². The lowest BCUT2D eigenvalue weighted by Crippen LogP contribution is -2.44. The van der Waals surface area contributed by atoms with Gasteiger partial charge in [-0.25, -0.2) is 22.4 Å². The highest BCUT2D eigenvalue weighted by atomic mass is 19.4. The third kappa shape index (κ3) is 5.19. The van der Waals surface area contributed by atoms with Crippen LogP contribution in [0.2, 0.25) is 0 Å². The van der Waals surface area contributed by atoms with Gasteiger partial charge in [-0.15, -0.1) is 0 Å². The molecular formula is C29H20F7NO2. The number of alkyl halides is 3. The van der Waals surface area contributed by atoms with Gasteiger partial charge >= 0.3 is 12.1 Å². The minimum Gasteiger partial charge on any atom is -0.464 e. The second-order valence-corrected chi connectivity index (χ2v) is 8.42. The molecule has 0 aliphatic heterocycles. The number of anilines is 1. The normalized spacial score (nSPS) is 13.4. The van der Waals surface area contributed by atoms with Crippen LogP contribution in [0.3, 0.4) is 0 Å². The van der Waals surface area contributed by atoms with Gasteiger partial charge in [-0.3, -0.25) is 0 Å². The number of benzene rings is 4. The standard InChI is InChI=1S/C29H20F7NO2/c1-2-39-27(38)28(19-12-4-3-5-13-19,16-15-18-11-8-10-17-9-6-7-14-20(17)18)37-26-24(32)22(30)21(29(34,35)36)23(31)25(26)33/h3-16,37H,2H2,1H3/b16-15+. The molecule has 0 heterocycles. The first-order valence-corrected chi connectivity index (χ1v) is 11.6. The maximum Gasteiger partial charge on any atom is 0.422 e. The van der Waals surface area contributed by atoms with E-state index in [1.165, 1.54) is 43.3 Å². The molecule has 0 bridgehead atoms. The largest absolute Gasteiger partial charge is 0.464 e. The van der Waals surface area contributed by atoms with E-state index in [4.69, 9.17) is 4.74 Å².